The van der Waals surface area contributed by atoms with Gasteiger partial charge in [-0.3, -0.25) is 9.78 Å². The van der Waals surface area contributed by atoms with Gasteiger partial charge in [-0.05, 0) is 29.3 Å². The average Bonchev–Trinajstić information content (AvgIpc) is 3.25. The van der Waals surface area contributed by atoms with Crippen LogP contribution in [0.2, 0.25) is 0 Å². The largest absolute Gasteiger partial charge is 0.491 e. The molecule has 6 nitrogen and oxygen atoms in total. The SMILES string of the molecule is O=C1N(Cc2cncc(F)c2)c2ccccc2[C@]12COc1cc3c(cc12)OCCO3. The smallest absolute Gasteiger partial charge is 0.246 e. The van der Waals surface area contributed by atoms with Gasteiger partial charge in [-0.15, -0.1) is 0 Å². The van der Waals surface area contributed by atoms with Crippen molar-refractivity contribution in [3.05, 3.63) is 77.4 Å². The van der Waals surface area contributed by atoms with Crippen LogP contribution in [0.4, 0.5) is 10.1 Å². The highest BCUT2D eigenvalue weighted by atomic mass is 19.1. The number of anilines is 1. The Morgan fingerprint density at radius 1 is 0.967 bits per heavy atom. The van der Waals surface area contributed by atoms with Crippen molar-refractivity contribution in [3.8, 4) is 17.2 Å². The van der Waals surface area contributed by atoms with Crippen molar-refractivity contribution in [2.45, 2.75) is 12.0 Å². The van der Waals surface area contributed by atoms with Gasteiger partial charge in [0, 0.05) is 23.5 Å². The minimum absolute atomic E-state index is 0.108. The second-order valence-electron chi connectivity index (χ2n) is 7.61. The lowest BCUT2D eigenvalue weighted by Gasteiger charge is -2.24. The first-order chi connectivity index (χ1) is 14.7. The number of pyridine rings is 1. The molecule has 3 aliphatic rings. The summed E-state index contributed by atoms with van der Waals surface area (Å²) in [7, 11) is 0. The third kappa shape index (κ3) is 2.29. The van der Waals surface area contributed by atoms with Crippen LogP contribution >= 0.6 is 0 Å². The average molecular weight is 404 g/mol. The summed E-state index contributed by atoms with van der Waals surface area (Å²) in [4.78, 5) is 19.5. The fourth-order valence-corrected chi connectivity index (χ4v) is 4.59. The summed E-state index contributed by atoms with van der Waals surface area (Å²) in [6.07, 6.45) is 2.72. The van der Waals surface area contributed by atoms with E-state index in [-0.39, 0.29) is 19.1 Å². The molecule has 4 heterocycles. The van der Waals surface area contributed by atoms with Crippen molar-refractivity contribution < 1.29 is 23.4 Å². The lowest BCUT2D eigenvalue weighted by molar-refractivity contribution is -0.122. The Balaban J connectivity index is 1.49. The molecule has 0 N–H and O–H groups in total. The molecule has 0 saturated carbocycles. The van der Waals surface area contributed by atoms with Crippen LogP contribution in [0.5, 0.6) is 17.2 Å². The number of carbonyl (C=O) groups is 1. The highest BCUT2D eigenvalue weighted by Gasteiger charge is 2.57. The second kappa shape index (κ2) is 6.19. The van der Waals surface area contributed by atoms with E-state index < -0.39 is 11.2 Å². The molecule has 1 amide bonds. The first-order valence-electron chi connectivity index (χ1n) is 9.75. The fraction of sp³-hybridized carbons (Fsp3) is 0.217. The van der Waals surface area contributed by atoms with Gasteiger partial charge in [-0.2, -0.15) is 0 Å². The molecule has 3 aromatic rings. The number of hydrogen-bond acceptors (Lipinski definition) is 5. The van der Waals surface area contributed by atoms with Crippen LogP contribution < -0.4 is 19.1 Å². The van der Waals surface area contributed by atoms with Gasteiger partial charge in [-0.1, -0.05) is 18.2 Å². The second-order valence-corrected chi connectivity index (χ2v) is 7.61. The fourth-order valence-electron chi connectivity index (χ4n) is 4.59. The lowest BCUT2D eigenvalue weighted by Crippen LogP contribution is -2.42. The Morgan fingerprint density at radius 2 is 1.77 bits per heavy atom. The number of fused-ring (bicyclic) bond motifs is 5. The molecule has 0 bridgehead atoms. The monoisotopic (exact) mass is 404 g/mol. The summed E-state index contributed by atoms with van der Waals surface area (Å²) in [5.41, 5.74) is 2.08. The Bertz CT molecular complexity index is 1200. The highest BCUT2D eigenvalue weighted by molar-refractivity contribution is 6.11. The van der Waals surface area contributed by atoms with Crippen LogP contribution in [0.15, 0.2) is 54.9 Å². The van der Waals surface area contributed by atoms with Crippen molar-refractivity contribution >= 4 is 11.6 Å². The summed E-state index contributed by atoms with van der Waals surface area (Å²) < 4.78 is 31.1. The normalized spacial score (nSPS) is 20.8. The number of nitrogens with zero attached hydrogens (tertiary/aromatic N) is 2. The number of halogens is 1. The number of benzene rings is 2. The molecule has 0 fully saturated rings. The first kappa shape index (κ1) is 17.3. The van der Waals surface area contributed by atoms with Gasteiger partial charge >= 0.3 is 0 Å². The zero-order valence-electron chi connectivity index (χ0n) is 15.9. The van der Waals surface area contributed by atoms with E-state index in [0.717, 1.165) is 23.0 Å². The van der Waals surface area contributed by atoms with Crippen molar-refractivity contribution in [1.82, 2.24) is 4.98 Å². The number of hydrogen-bond donors (Lipinski definition) is 0. The number of carbonyl (C=O) groups excluding carboxylic acids is 1. The van der Waals surface area contributed by atoms with E-state index in [1.54, 1.807) is 17.2 Å². The van der Waals surface area contributed by atoms with Crippen LogP contribution in [-0.4, -0.2) is 30.7 Å². The molecule has 0 unspecified atom stereocenters. The van der Waals surface area contributed by atoms with Crippen molar-refractivity contribution in [2.24, 2.45) is 0 Å². The van der Waals surface area contributed by atoms with E-state index in [1.807, 2.05) is 30.3 Å². The number of ether oxygens (including phenoxy) is 3. The molecule has 0 saturated heterocycles. The van der Waals surface area contributed by atoms with Gasteiger partial charge in [0.05, 0.1) is 12.7 Å². The quantitative estimate of drug-likeness (QED) is 0.657. The first-order valence-corrected chi connectivity index (χ1v) is 9.75. The minimum atomic E-state index is -0.970. The standard InChI is InChI=1S/C23H17FN2O4/c24-15-7-14(10-25-11-15)12-26-18-4-2-1-3-16(18)23(22(26)27)13-30-19-9-21-20(8-17(19)23)28-5-6-29-21/h1-4,7-11H,5-6,12-13H2/t23-/m0/s1. The van der Waals surface area contributed by atoms with Crippen LogP contribution in [0, 0.1) is 5.82 Å². The number of amides is 1. The molecule has 1 atom stereocenters. The molecule has 0 aliphatic carbocycles. The number of aromatic nitrogens is 1. The Hall–Kier alpha value is -3.61. The Morgan fingerprint density at radius 3 is 2.60 bits per heavy atom. The van der Waals surface area contributed by atoms with Gasteiger partial charge < -0.3 is 19.1 Å². The topological polar surface area (TPSA) is 60.9 Å². The third-order valence-electron chi connectivity index (χ3n) is 5.92. The Labute approximate surface area is 171 Å². The van der Waals surface area contributed by atoms with Crippen molar-refractivity contribution in [2.75, 3.05) is 24.7 Å². The third-order valence-corrected chi connectivity index (χ3v) is 5.92. The summed E-state index contributed by atoms with van der Waals surface area (Å²) in [5, 5.41) is 0. The molecule has 150 valence electrons. The van der Waals surface area contributed by atoms with Crippen LogP contribution in [0.25, 0.3) is 0 Å². The molecule has 1 aromatic heterocycles. The predicted octanol–water partition coefficient (Wildman–Crippen LogP) is 3.22. The summed E-state index contributed by atoms with van der Waals surface area (Å²) >= 11 is 0. The van der Waals surface area contributed by atoms with Crippen molar-refractivity contribution in [3.63, 3.8) is 0 Å². The van der Waals surface area contributed by atoms with E-state index in [4.69, 9.17) is 14.2 Å². The lowest BCUT2D eigenvalue weighted by atomic mass is 9.77. The highest BCUT2D eigenvalue weighted by Crippen LogP contribution is 2.54. The predicted molar refractivity (Wildman–Crippen MR) is 106 cm³/mol. The molecule has 1 spiro atoms. The molecule has 3 aliphatic heterocycles. The zero-order valence-corrected chi connectivity index (χ0v) is 15.9. The van der Waals surface area contributed by atoms with E-state index in [0.29, 0.717) is 36.0 Å². The molecule has 30 heavy (non-hydrogen) atoms. The zero-order chi connectivity index (χ0) is 20.3. The van der Waals surface area contributed by atoms with Gasteiger partial charge in [0.15, 0.2) is 11.5 Å². The molecule has 7 heteroatoms. The maximum atomic E-state index is 13.9. The summed E-state index contributed by atoms with van der Waals surface area (Å²) in [6, 6.07) is 12.7. The van der Waals surface area contributed by atoms with Crippen LogP contribution in [0.1, 0.15) is 16.7 Å². The van der Waals surface area contributed by atoms with Crippen LogP contribution in [-0.2, 0) is 16.8 Å². The molecular weight excluding hydrogens is 387 g/mol. The Kier molecular flexibility index (Phi) is 3.56. The molecular formula is C23H17FN2O4. The maximum Gasteiger partial charge on any atom is 0.246 e. The van der Waals surface area contributed by atoms with Gasteiger partial charge in [0.25, 0.3) is 0 Å². The number of para-hydroxylation sites is 1. The molecule has 6 rings (SSSR count). The summed E-state index contributed by atoms with van der Waals surface area (Å²) in [6.45, 7) is 1.36. The van der Waals surface area contributed by atoms with Gasteiger partial charge in [0.2, 0.25) is 5.91 Å². The van der Waals surface area contributed by atoms with E-state index in [1.165, 1.54) is 6.07 Å². The molecule has 0 radical (unpaired) electrons. The number of rotatable bonds is 2. The minimum Gasteiger partial charge on any atom is -0.491 e. The van der Waals surface area contributed by atoms with Gasteiger partial charge in [-0.25, -0.2) is 4.39 Å². The molecule has 2 aromatic carbocycles. The van der Waals surface area contributed by atoms with E-state index >= 15 is 0 Å². The summed E-state index contributed by atoms with van der Waals surface area (Å²) in [5.74, 6) is 1.32. The van der Waals surface area contributed by atoms with Crippen LogP contribution in [0.3, 0.4) is 0 Å². The van der Waals surface area contributed by atoms with Crippen molar-refractivity contribution in [1.29, 1.82) is 0 Å². The van der Waals surface area contributed by atoms with Gasteiger partial charge in [0.1, 0.15) is 36.8 Å². The van der Waals surface area contributed by atoms with E-state index in [2.05, 4.69) is 4.98 Å². The van der Waals surface area contributed by atoms with E-state index in [9.17, 15) is 9.18 Å². The maximum absolute atomic E-state index is 13.9.